The lowest BCUT2D eigenvalue weighted by atomic mass is 9.87. The molecule has 0 bridgehead atoms. The summed E-state index contributed by atoms with van der Waals surface area (Å²) < 4.78 is 0. The van der Waals surface area contributed by atoms with Gasteiger partial charge in [0.15, 0.2) is 0 Å². The van der Waals surface area contributed by atoms with Crippen LogP contribution in [0.25, 0.3) is 0 Å². The molecule has 0 atom stereocenters. The van der Waals surface area contributed by atoms with E-state index in [2.05, 4.69) is 6.92 Å². The number of hydrogen-bond acceptors (Lipinski definition) is 2. The fourth-order valence-electron chi connectivity index (χ4n) is 2.23. The first-order valence-corrected chi connectivity index (χ1v) is 6.28. The molecular formula is C16H18O2. The van der Waals surface area contributed by atoms with E-state index in [4.69, 9.17) is 0 Å². The van der Waals surface area contributed by atoms with E-state index >= 15 is 0 Å². The Labute approximate surface area is 108 Å². The molecule has 0 saturated heterocycles. The molecule has 0 aliphatic rings. The molecule has 94 valence electrons. The van der Waals surface area contributed by atoms with Gasteiger partial charge in [-0.15, -0.1) is 0 Å². The zero-order valence-electron chi connectivity index (χ0n) is 10.5. The van der Waals surface area contributed by atoms with E-state index in [-0.39, 0.29) is 0 Å². The second-order valence-electron chi connectivity index (χ2n) is 4.52. The van der Waals surface area contributed by atoms with Gasteiger partial charge in [-0.3, -0.25) is 0 Å². The average Bonchev–Trinajstić information content (AvgIpc) is 2.39. The highest BCUT2D eigenvalue weighted by atomic mass is 16.3. The van der Waals surface area contributed by atoms with Crippen molar-refractivity contribution in [1.82, 2.24) is 0 Å². The van der Waals surface area contributed by atoms with Crippen LogP contribution in [0.2, 0.25) is 0 Å². The standard InChI is InChI=1S/C16H18O2/c1-2-3-16(12-4-8-14(17)9-5-12)13-6-10-15(18)11-7-13/h4-11,16-18H,2-3H2,1H3. The summed E-state index contributed by atoms with van der Waals surface area (Å²) in [4.78, 5) is 0. The summed E-state index contributed by atoms with van der Waals surface area (Å²) in [6.07, 6.45) is 2.14. The van der Waals surface area contributed by atoms with Crippen LogP contribution in [-0.4, -0.2) is 10.2 Å². The Morgan fingerprint density at radius 1 is 0.778 bits per heavy atom. The SMILES string of the molecule is CCCC(c1ccc(O)cc1)c1ccc(O)cc1. The van der Waals surface area contributed by atoms with Crippen molar-refractivity contribution in [1.29, 1.82) is 0 Å². The second kappa shape index (κ2) is 5.58. The van der Waals surface area contributed by atoms with Crippen LogP contribution in [0.1, 0.15) is 36.8 Å². The van der Waals surface area contributed by atoms with Crippen molar-refractivity contribution >= 4 is 0 Å². The zero-order chi connectivity index (χ0) is 13.0. The van der Waals surface area contributed by atoms with Gasteiger partial charge >= 0.3 is 0 Å². The van der Waals surface area contributed by atoms with Crippen LogP contribution in [0.3, 0.4) is 0 Å². The normalized spacial score (nSPS) is 10.8. The van der Waals surface area contributed by atoms with E-state index in [1.807, 2.05) is 24.3 Å². The van der Waals surface area contributed by atoms with Gasteiger partial charge in [-0.05, 0) is 41.8 Å². The van der Waals surface area contributed by atoms with Gasteiger partial charge in [-0.2, -0.15) is 0 Å². The van der Waals surface area contributed by atoms with Gasteiger partial charge in [0, 0.05) is 5.92 Å². The van der Waals surface area contributed by atoms with Crippen molar-refractivity contribution in [3.63, 3.8) is 0 Å². The zero-order valence-corrected chi connectivity index (χ0v) is 10.5. The van der Waals surface area contributed by atoms with Crippen molar-refractivity contribution < 1.29 is 10.2 Å². The summed E-state index contributed by atoms with van der Waals surface area (Å²) in [6, 6.07) is 14.7. The molecule has 2 aromatic carbocycles. The Balaban J connectivity index is 2.33. The van der Waals surface area contributed by atoms with Crippen molar-refractivity contribution in [3.8, 4) is 11.5 Å². The molecule has 0 fully saturated rings. The van der Waals surface area contributed by atoms with Crippen molar-refractivity contribution in [2.24, 2.45) is 0 Å². The molecule has 2 rings (SSSR count). The maximum Gasteiger partial charge on any atom is 0.115 e. The molecule has 0 aliphatic carbocycles. The third kappa shape index (κ3) is 2.83. The first-order valence-electron chi connectivity index (χ1n) is 6.28. The number of hydrogen-bond donors (Lipinski definition) is 2. The highest BCUT2D eigenvalue weighted by Crippen LogP contribution is 2.31. The Hall–Kier alpha value is -1.96. The minimum Gasteiger partial charge on any atom is -0.508 e. The molecule has 18 heavy (non-hydrogen) atoms. The summed E-state index contributed by atoms with van der Waals surface area (Å²) in [5.41, 5.74) is 2.39. The molecule has 2 aromatic rings. The Morgan fingerprint density at radius 3 is 1.50 bits per heavy atom. The van der Waals surface area contributed by atoms with E-state index < -0.39 is 0 Å². The van der Waals surface area contributed by atoms with Gasteiger partial charge in [0.05, 0.1) is 0 Å². The highest BCUT2D eigenvalue weighted by Gasteiger charge is 2.13. The predicted octanol–water partition coefficient (Wildman–Crippen LogP) is 4.03. The number of benzene rings is 2. The molecule has 2 heteroatoms. The topological polar surface area (TPSA) is 40.5 Å². The fourth-order valence-corrected chi connectivity index (χ4v) is 2.23. The molecular weight excluding hydrogens is 224 g/mol. The first-order chi connectivity index (χ1) is 8.70. The molecule has 0 amide bonds. The van der Waals surface area contributed by atoms with E-state index in [9.17, 15) is 10.2 Å². The monoisotopic (exact) mass is 242 g/mol. The average molecular weight is 242 g/mol. The Kier molecular flexibility index (Phi) is 3.88. The molecule has 0 heterocycles. The van der Waals surface area contributed by atoms with Gasteiger partial charge in [0.2, 0.25) is 0 Å². The van der Waals surface area contributed by atoms with Crippen LogP contribution in [0.5, 0.6) is 11.5 Å². The van der Waals surface area contributed by atoms with Crippen LogP contribution >= 0.6 is 0 Å². The lowest BCUT2D eigenvalue weighted by molar-refractivity contribution is 0.475. The van der Waals surface area contributed by atoms with Crippen LogP contribution in [0, 0.1) is 0 Å². The molecule has 0 radical (unpaired) electrons. The summed E-state index contributed by atoms with van der Waals surface area (Å²) in [7, 11) is 0. The van der Waals surface area contributed by atoms with E-state index in [1.54, 1.807) is 24.3 Å². The largest absolute Gasteiger partial charge is 0.508 e. The molecule has 0 aliphatic heterocycles. The van der Waals surface area contributed by atoms with Crippen LogP contribution in [0.4, 0.5) is 0 Å². The van der Waals surface area contributed by atoms with Crippen molar-refractivity contribution in [2.75, 3.05) is 0 Å². The summed E-state index contributed by atoms with van der Waals surface area (Å²) in [5.74, 6) is 0.899. The lowest BCUT2D eigenvalue weighted by Crippen LogP contribution is -2.00. The summed E-state index contributed by atoms with van der Waals surface area (Å²) in [5, 5.41) is 18.7. The molecule has 0 spiro atoms. The van der Waals surface area contributed by atoms with Crippen molar-refractivity contribution in [2.45, 2.75) is 25.7 Å². The maximum atomic E-state index is 9.34. The number of phenols is 2. The third-order valence-electron chi connectivity index (χ3n) is 3.17. The third-order valence-corrected chi connectivity index (χ3v) is 3.17. The van der Waals surface area contributed by atoms with Crippen molar-refractivity contribution in [3.05, 3.63) is 59.7 Å². The van der Waals surface area contributed by atoms with Gasteiger partial charge in [0.1, 0.15) is 11.5 Å². The first kappa shape index (κ1) is 12.5. The molecule has 0 unspecified atom stereocenters. The van der Waals surface area contributed by atoms with Crippen LogP contribution in [0.15, 0.2) is 48.5 Å². The summed E-state index contributed by atoms with van der Waals surface area (Å²) >= 11 is 0. The number of aromatic hydroxyl groups is 2. The minimum atomic E-state index is 0.291. The van der Waals surface area contributed by atoms with Gasteiger partial charge < -0.3 is 10.2 Å². The molecule has 0 aromatic heterocycles. The Bertz CT molecular complexity index is 440. The Morgan fingerprint density at radius 2 is 1.17 bits per heavy atom. The van der Waals surface area contributed by atoms with E-state index in [1.165, 1.54) is 11.1 Å². The van der Waals surface area contributed by atoms with Gasteiger partial charge in [0.25, 0.3) is 0 Å². The van der Waals surface area contributed by atoms with Crippen LogP contribution in [-0.2, 0) is 0 Å². The lowest BCUT2D eigenvalue weighted by Gasteiger charge is -2.17. The second-order valence-corrected chi connectivity index (χ2v) is 4.52. The van der Waals surface area contributed by atoms with E-state index in [0.717, 1.165) is 12.8 Å². The maximum absolute atomic E-state index is 9.34. The van der Waals surface area contributed by atoms with E-state index in [0.29, 0.717) is 17.4 Å². The fraction of sp³-hybridized carbons (Fsp3) is 0.250. The van der Waals surface area contributed by atoms with Crippen LogP contribution < -0.4 is 0 Å². The molecule has 2 nitrogen and oxygen atoms in total. The quantitative estimate of drug-likeness (QED) is 0.849. The van der Waals surface area contributed by atoms with Gasteiger partial charge in [-0.1, -0.05) is 37.6 Å². The number of phenolic OH excluding ortho intramolecular Hbond substituents is 2. The molecule has 0 saturated carbocycles. The summed E-state index contributed by atoms with van der Waals surface area (Å²) in [6.45, 7) is 2.16. The predicted molar refractivity (Wildman–Crippen MR) is 73.0 cm³/mol. The molecule has 2 N–H and O–H groups in total. The highest BCUT2D eigenvalue weighted by molar-refractivity contribution is 5.37. The minimum absolute atomic E-state index is 0.291. The smallest absolute Gasteiger partial charge is 0.115 e. The number of rotatable bonds is 4. The van der Waals surface area contributed by atoms with Gasteiger partial charge in [-0.25, -0.2) is 0 Å².